The van der Waals surface area contributed by atoms with Gasteiger partial charge in [-0.2, -0.15) is 0 Å². The summed E-state index contributed by atoms with van der Waals surface area (Å²) in [6, 6.07) is 3.81. The van der Waals surface area contributed by atoms with Crippen LogP contribution in [-0.4, -0.2) is 18.6 Å². The molecule has 1 N–H and O–H groups in total. The molecule has 4 heteroatoms. The van der Waals surface area contributed by atoms with Gasteiger partial charge in [0.2, 0.25) is 0 Å². The number of benzene rings is 1. The maximum atomic E-state index is 11.9. The highest BCUT2D eigenvalue weighted by Gasteiger charge is 2.18. The smallest absolute Gasteiger partial charge is 0.328 e. The Morgan fingerprint density at radius 3 is 2.37 bits per heavy atom. The molecule has 0 aliphatic carbocycles. The van der Waals surface area contributed by atoms with Gasteiger partial charge in [-0.3, -0.25) is 0 Å². The van der Waals surface area contributed by atoms with E-state index >= 15 is 0 Å². The summed E-state index contributed by atoms with van der Waals surface area (Å²) in [7, 11) is 0. The molecule has 1 rings (SSSR count). The van der Waals surface area contributed by atoms with E-state index in [4.69, 9.17) is 4.74 Å². The molecule has 1 unspecified atom stereocenters. The van der Waals surface area contributed by atoms with Crippen molar-refractivity contribution >= 4 is 27.6 Å². The third-order valence-corrected chi connectivity index (χ3v) is 4.18. The molecular formula is C15H22BrNO2. The molecule has 0 amide bonds. The molecule has 19 heavy (non-hydrogen) atoms. The highest BCUT2D eigenvalue weighted by Crippen LogP contribution is 2.25. The molecule has 0 fully saturated rings. The molecule has 1 aromatic carbocycles. The number of halogens is 1. The highest BCUT2D eigenvalue weighted by molar-refractivity contribution is 9.10. The number of aryl methyl sites for hydroxylation is 2. The van der Waals surface area contributed by atoms with Gasteiger partial charge in [0.15, 0.2) is 0 Å². The topological polar surface area (TPSA) is 38.3 Å². The molecule has 0 saturated heterocycles. The molecule has 1 aromatic rings. The van der Waals surface area contributed by atoms with Crippen LogP contribution in [0.5, 0.6) is 0 Å². The lowest BCUT2D eigenvalue weighted by atomic mass is 10.1. The molecule has 0 aromatic heterocycles. The van der Waals surface area contributed by atoms with E-state index in [1.807, 2.05) is 32.9 Å². The predicted octanol–water partition coefficient (Wildman–Crippen LogP) is 4.21. The Kier molecular flexibility index (Phi) is 6.35. The van der Waals surface area contributed by atoms with Crippen molar-refractivity contribution in [3.8, 4) is 0 Å². The first-order valence-electron chi connectivity index (χ1n) is 6.69. The first kappa shape index (κ1) is 16.0. The van der Waals surface area contributed by atoms with Gasteiger partial charge in [-0.05, 0) is 50.5 Å². The number of ether oxygens (including phenoxy) is 1. The molecule has 0 saturated carbocycles. The van der Waals surface area contributed by atoms with Crippen molar-refractivity contribution in [2.45, 2.75) is 46.6 Å². The normalized spacial score (nSPS) is 12.1. The fraction of sp³-hybridized carbons (Fsp3) is 0.533. The third kappa shape index (κ3) is 4.53. The van der Waals surface area contributed by atoms with Crippen molar-refractivity contribution in [3.05, 3.63) is 27.7 Å². The van der Waals surface area contributed by atoms with Crippen LogP contribution < -0.4 is 5.32 Å². The summed E-state index contributed by atoms with van der Waals surface area (Å²) in [5.41, 5.74) is 3.27. The average molecular weight is 328 g/mol. The Morgan fingerprint density at radius 2 is 1.89 bits per heavy atom. The number of carbonyl (C=O) groups excluding carboxylic acids is 1. The molecule has 0 aliphatic heterocycles. The van der Waals surface area contributed by atoms with E-state index in [2.05, 4.69) is 28.2 Å². The Morgan fingerprint density at radius 1 is 1.32 bits per heavy atom. The Labute approximate surface area is 123 Å². The average Bonchev–Trinajstić information content (AvgIpc) is 2.35. The predicted molar refractivity (Wildman–Crippen MR) is 82.6 cm³/mol. The van der Waals surface area contributed by atoms with Crippen molar-refractivity contribution in [3.63, 3.8) is 0 Å². The zero-order valence-electron chi connectivity index (χ0n) is 12.0. The minimum Gasteiger partial charge on any atom is -0.464 e. The summed E-state index contributed by atoms with van der Waals surface area (Å²) < 4.78 is 6.21. The van der Waals surface area contributed by atoms with Crippen molar-refractivity contribution in [1.29, 1.82) is 0 Å². The molecule has 0 bridgehead atoms. The number of rotatable bonds is 6. The maximum absolute atomic E-state index is 11.9. The van der Waals surface area contributed by atoms with Crippen LogP contribution in [0.4, 0.5) is 5.69 Å². The van der Waals surface area contributed by atoms with Crippen molar-refractivity contribution < 1.29 is 9.53 Å². The van der Waals surface area contributed by atoms with Crippen LogP contribution in [0.15, 0.2) is 16.6 Å². The summed E-state index contributed by atoms with van der Waals surface area (Å²) in [5.74, 6) is -0.178. The molecule has 1 atom stereocenters. The quantitative estimate of drug-likeness (QED) is 0.795. The van der Waals surface area contributed by atoms with Gasteiger partial charge in [-0.1, -0.05) is 29.3 Å². The molecule has 106 valence electrons. The minimum atomic E-state index is -0.273. The van der Waals surface area contributed by atoms with Gasteiger partial charge in [0.1, 0.15) is 6.04 Å². The van der Waals surface area contributed by atoms with E-state index in [-0.39, 0.29) is 12.0 Å². The molecule has 0 aliphatic rings. The van der Waals surface area contributed by atoms with Crippen molar-refractivity contribution in [1.82, 2.24) is 0 Å². The second-order valence-electron chi connectivity index (χ2n) is 4.66. The fourth-order valence-corrected chi connectivity index (χ4v) is 2.24. The van der Waals surface area contributed by atoms with Gasteiger partial charge < -0.3 is 10.1 Å². The first-order chi connectivity index (χ1) is 8.99. The second kappa shape index (κ2) is 7.53. The molecule has 0 spiro atoms. The van der Waals surface area contributed by atoms with Gasteiger partial charge in [0.25, 0.3) is 0 Å². The number of hydrogen-bond acceptors (Lipinski definition) is 3. The van der Waals surface area contributed by atoms with Gasteiger partial charge in [-0.15, -0.1) is 0 Å². The molecule has 0 radical (unpaired) electrons. The molecular weight excluding hydrogens is 306 g/mol. The Bertz CT molecular complexity index is 423. The summed E-state index contributed by atoms with van der Waals surface area (Å²) in [5, 5.41) is 3.28. The molecule has 0 heterocycles. The van der Waals surface area contributed by atoms with Crippen LogP contribution in [0.2, 0.25) is 0 Å². The van der Waals surface area contributed by atoms with E-state index in [9.17, 15) is 4.79 Å². The lowest BCUT2D eigenvalue weighted by Gasteiger charge is -2.19. The number of carbonyl (C=O) groups is 1. The van der Waals surface area contributed by atoms with Crippen LogP contribution in [0.3, 0.4) is 0 Å². The number of nitrogens with one attached hydrogen (secondary N) is 1. The Balaban J connectivity index is 2.87. The maximum Gasteiger partial charge on any atom is 0.328 e. The van der Waals surface area contributed by atoms with E-state index in [0.29, 0.717) is 6.61 Å². The van der Waals surface area contributed by atoms with Gasteiger partial charge >= 0.3 is 5.97 Å². The standard InChI is InChI=1S/C15H22BrNO2/c1-5-7-13(15(18)19-6-2)17-12-8-10(3)14(16)11(4)9-12/h8-9,13,17H,5-7H2,1-4H3. The number of hydrogen-bond donors (Lipinski definition) is 1. The second-order valence-corrected chi connectivity index (χ2v) is 5.45. The van der Waals surface area contributed by atoms with E-state index in [1.165, 1.54) is 0 Å². The van der Waals surface area contributed by atoms with E-state index in [1.54, 1.807) is 0 Å². The van der Waals surface area contributed by atoms with E-state index in [0.717, 1.165) is 34.1 Å². The zero-order chi connectivity index (χ0) is 14.4. The van der Waals surface area contributed by atoms with Crippen molar-refractivity contribution in [2.75, 3.05) is 11.9 Å². The van der Waals surface area contributed by atoms with Gasteiger partial charge in [0, 0.05) is 10.2 Å². The summed E-state index contributed by atoms with van der Waals surface area (Å²) >= 11 is 3.54. The summed E-state index contributed by atoms with van der Waals surface area (Å²) in [4.78, 5) is 11.9. The van der Waals surface area contributed by atoms with Crippen LogP contribution in [0.1, 0.15) is 37.8 Å². The van der Waals surface area contributed by atoms with Crippen LogP contribution in [0, 0.1) is 13.8 Å². The molecule has 3 nitrogen and oxygen atoms in total. The fourth-order valence-electron chi connectivity index (χ4n) is 2.01. The van der Waals surface area contributed by atoms with Crippen LogP contribution >= 0.6 is 15.9 Å². The number of esters is 1. The summed E-state index contributed by atoms with van der Waals surface area (Å²) in [6.07, 6.45) is 1.71. The van der Waals surface area contributed by atoms with E-state index < -0.39 is 0 Å². The Hall–Kier alpha value is -1.03. The van der Waals surface area contributed by atoms with Crippen LogP contribution in [-0.2, 0) is 9.53 Å². The van der Waals surface area contributed by atoms with Gasteiger partial charge in [-0.25, -0.2) is 4.79 Å². The number of anilines is 1. The lowest BCUT2D eigenvalue weighted by Crippen LogP contribution is -2.31. The third-order valence-electron chi connectivity index (χ3n) is 2.93. The monoisotopic (exact) mass is 327 g/mol. The van der Waals surface area contributed by atoms with Gasteiger partial charge in [0.05, 0.1) is 6.61 Å². The summed E-state index contributed by atoms with van der Waals surface area (Å²) in [6.45, 7) is 8.39. The lowest BCUT2D eigenvalue weighted by molar-refractivity contribution is -0.144. The zero-order valence-corrected chi connectivity index (χ0v) is 13.6. The van der Waals surface area contributed by atoms with Crippen molar-refractivity contribution in [2.24, 2.45) is 0 Å². The SMILES string of the molecule is CCCC(Nc1cc(C)c(Br)c(C)c1)C(=O)OCC. The first-order valence-corrected chi connectivity index (χ1v) is 7.48. The highest BCUT2D eigenvalue weighted by atomic mass is 79.9. The largest absolute Gasteiger partial charge is 0.464 e. The minimum absolute atomic E-state index is 0.178. The van der Waals surface area contributed by atoms with Crippen LogP contribution in [0.25, 0.3) is 0 Å².